The van der Waals surface area contributed by atoms with Crippen molar-refractivity contribution in [3.63, 3.8) is 0 Å². The van der Waals surface area contributed by atoms with Crippen LogP contribution in [0.1, 0.15) is 18.9 Å². The molecule has 104 valence electrons. The number of ether oxygens (including phenoxy) is 1. The van der Waals surface area contributed by atoms with Gasteiger partial charge in [0.25, 0.3) is 0 Å². The minimum atomic E-state index is 0.326. The van der Waals surface area contributed by atoms with Crippen molar-refractivity contribution >= 4 is 5.84 Å². The molecular formula is C16H19N3O. The van der Waals surface area contributed by atoms with Crippen LogP contribution in [0.4, 0.5) is 0 Å². The zero-order chi connectivity index (χ0) is 14.4. The molecule has 0 fully saturated rings. The van der Waals surface area contributed by atoms with Crippen molar-refractivity contribution < 1.29 is 4.74 Å². The lowest BCUT2D eigenvalue weighted by molar-refractivity contribution is 0.317. The highest BCUT2D eigenvalue weighted by Gasteiger charge is 2.07. The van der Waals surface area contributed by atoms with E-state index in [-0.39, 0.29) is 0 Å². The Morgan fingerprint density at radius 2 is 1.80 bits per heavy atom. The van der Waals surface area contributed by atoms with Gasteiger partial charge in [0.2, 0.25) is 0 Å². The Hall–Kier alpha value is -2.49. The highest BCUT2D eigenvalue weighted by Crippen LogP contribution is 2.25. The Labute approximate surface area is 119 Å². The van der Waals surface area contributed by atoms with E-state index in [2.05, 4.69) is 12.0 Å². The number of hydrogen-bond donors (Lipinski definition) is 2. The van der Waals surface area contributed by atoms with Gasteiger partial charge in [0.15, 0.2) is 5.84 Å². The number of hydrazone groups is 1. The summed E-state index contributed by atoms with van der Waals surface area (Å²) in [4.78, 5) is 0. The number of amidine groups is 1. The molecule has 4 N–H and O–H groups in total. The molecule has 0 aromatic heterocycles. The second kappa shape index (κ2) is 6.61. The van der Waals surface area contributed by atoms with Gasteiger partial charge in [-0.05, 0) is 29.7 Å². The minimum absolute atomic E-state index is 0.326. The van der Waals surface area contributed by atoms with E-state index in [9.17, 15) is 0 Å². The average molecular weight is 269 g/mol. The van der Waals surface area contributed by atoms with E-state index < -0.39 is 0 Å². The second-order valence-electron chi connectivity index (χ2n) is 4.43. The number of nitrogens with zero attached hydrogens (tertiary/aromatic N) is 1. The first-order chi connectivity index (χ1) is 9.76. The number of nitrogens with two attached hydrogens (primary N) is 2. The Kier molecular flexibility index (Phi) is 4.60. The first-order valence-corrected chi connectivity index (χ1v) is 6.62. The molecule has 0 radical (unpaired) electrons. The van der Waals surface area contributed by atoms with E-state index in [1.54, 1.807) is 0 Å². The van der Waals surface area contributed by atoms with Gasteiger partial charge in [-0.25, -0.2) is 0 Å². The Bertz CT molecular complexity index is 591. The third-order valence-electron chi connectivity index (χ3n) is 2.98. The SMILES string of the molecule is CCCOc1ccc(-c2ccccc2C(N)=NN)cc1. The van der Waals surface area contributed by atoms with Crippen LogP contribution in [0.3, 0.4) is 0 Å². The highest BCUT2D eigenvalue weighted by molar-refractivity contribution is 6.03. The fourth-order valence-corrected chi connectivity index (χ4v) is 1.98. The molecule has 0 saturated carbocycles. The summed E-state index contributed by atoms with van der Waals surface area (Å²) in [5.74, 6) is 6.47. The molecule has 2 aromatic rings. The summed E-state index contributed by atoms with van der Waals surface area (Å²) in [7, 11) is 0. The van der Waals surface area contributed by atoms with Crippen LogP contribution in [0.2, 0.25) is 0 Å². The molecule has 0 aliphatic carbocycles. The summed E-state index contributed by atoms with van der Waals surface area (Å²) in [6.07, 6.45) is 0.994. The minimum Gasteiger partial charge on any atom is -0.494 e. The van der Waals surface area contributed by atoms with Gasteiger partial charge in [0.1, 0.15) is 5.75 Å². The molecule has 0 spiro atoms. The van der Waals surface area contributed by atoms with Gasteiger partial charge in [0, 0.05) is 5.56 Å². The molecule has 0 aliphatic rings. The van der Waals surface area contributed by atoms with Gasteiger partial charge in [0.05, 0.1) is 6.61 Å². The predicted octanol–water partition coefficient (Wildman–Crippen LogP) is 2.72. The fourth-order valence-electron chi connectivity index (χ4n) is 1.98. The van der Waals surface area contributed by atoms with Gasteiger partial charge in [-0.2, -0.15) is 5.10 Å². The van der Waals surface area contributed by atoms with Crippen molar-refractivity contribution in [1.29, 1.82) is 0 Å². The van der Waals surface area contributed by atoms with Crippen molar-refractivity contribution in [3.05, 3.63) is 54.1 Å². The maximum absolute atomic E-state index is 5.83. The average Bonchev–Trinajstić information content (AvgIpc) is 2.52. The van der Waals surface area contributed by atoms with Crippen molar-refractivity contribution in [2.45, 2.75) is 13.3 Å². The summed E-state index contributed by atoms with van der Waals surface area (Å²) in [6, 6.07) is 15.7. The standard InChI is InChI=1S/C16H19N3O/c1-2-11-20-13-9-7-12(8-10-13)14-5-3-4-6-15(14)16(17)19-18/h3-10H,2,11,18H2,1H3,(H2,17,19). The van der Waals surface area contributed by atoms with Crippen LogP contribution < -0.4 is 16.3 Å². The summed E-state index contributed by atoms with van der Waals surface area (Å²) in [5.41, 5.74) is 8.71. The Morgan fingerprint density at radius 3 is 2.45 bits per heavy atom. The summed E-state index contributed by atoms with van der Waals surface area (Å²) in [5, 5.41) is 3.57. The highest BCUT2D eigenvalue weighted by atomic mass is 16.5. The lowest BCUT2D eigenvalue weighted by Crippen LogP contribution is -2.16. The molecular weight excluding hydrogens is 250 g/mol. The van der Waals surface area contributed by atoms with Crippen molar-refractivity contribution in [1.82, 2.24) is 0 Å². The van der Waals surface area contributed by atoms with Crippen LogP contribution >= 0.6 is 0 Å². The van der Waals surface area contributed by atoms with Crippen LogP contribution in [0.25, 0.3) is 11.1 Å². The quantitative estimate of drug-likeness (QED) is 0.379. The molecule has 0 atom stereocenters. The van der Waals surface area contributed by atoms with E-state index in [0.717, 1.165) is 35.5 Å². The molecule has 4 nitrogen and oxygen atoms in total. The normalized spacial score (nSPS) is 11.3. The molecule has 0 aliphatic heterocycles. The van der Waals surface area contributed by atoms with Crippen molar-refractivity contribution in [2.75, 3.05) is 6.61 Å². The molecule has 0 unspecified atom stereocenters. The van der Waals surface area contributed by atoms with E-state index in [1.165, 1.54) is 0 Å². The Balaban J connectivity index is 2.32. The van der Waals surface area contributed by atoms with Gasteiger partial charge in [-0.15, -0.1) is 0 Å². The molecule has 0 saturated heterocycles. The summed E-state index contributed by atoms with van der Waals surface area (Å²) < 4.78 is 5.58. The van der Waals surface area contributed by atoms with E-state index in [0.29, 0.717) is 5.84 Å². The zero-order valence-corrected chi connectivity index (χ0v) is 11.5. The molecule has 4 heteroatoms. The second-order valence-corrected chi connectivity index (χ2v) is 4.43. The van der Waals surface area contributed by atoms with Crippen molar-refractivity contribution in [2.24, 2.45) is 16.7 Å². The molecule has 20 heavy (non-hydrogen) atoms. The molecule has 2 aromatic carbocycles. The van der Waals surface area contributed by atoms with E-state index in [4.69, 9.17) is 16.3 Å². The van der Waals surface area contributed by atoms with E-state index >= 15 is 0 Å². The molecule has 0 amide bonds. The first kappa shape index (κ1) is 13.9. The largest absolute Gasteiger partial charge is 0.494 e. The van der Waals surface area contributed by atoms with Gasteiger partial charge in [-0.3, -0.25) is 0 Å². The van der Waals surface area contributed by atoms with Gasteiger partial charge >= 0.3 is 0 Å². The summed E-state index contributed by atoms with van der Waals surface area (Å²) in [6.45, 7) is 2.81. The van der Waals surface area contributed by atoms with Crippen molar-refractivity contribution in [3.8, 4) is 16.9 Å². The Morgan fingerprint density at radius 1 is 1.10 bits per heavy atom. The third-order valence-corrected chi connectivity index (χ3v) is 2.98. The van der Waals surface area contributed by atoms with Crippen LogP contribution in [0.15, 0.2) is 53.6 Å². The van der Waals surface area contributed by atoms with Gasteiger partial charge in [-0.1, -0.05) is 43.3 Å². The molecule has 2 rings (SSSR count). The smallest absolute Gasteiger partial charge is 0.150 e. The van der Waals surface area contributed by atoms with Gasteiger partial charge < -0.3 is 16.3 Å². The van der Waals surface area contributed by atoms with Crippen LogP contribution in [0.5, 0.6) is 5.75 Å². The maximum atomic E-state index is 5.83. The zero-order valence-electron chi connectivity index (χ0n) is 11.5. The molecule has 0 bridgehead atoms. The lowest BCUT2D eigenvalue weighted by Gasteiger charge is -2.10. The van der Waals surface area contributed by atoms with E-state index in [1.807, 2.05) is 48.5 Å². The molecule has 0 heterocycles. The third kappa shape index (κ3) is 3.09. The maximum Gasteiger partial charge on any atom is 0.150 e. The monoisotopic (exact) mass is 269 g/mol. The van der Waals surface area contributed by atoms with Crippen LogP contribution in [-0.4, -0.2) is 12.4 Å². The topological polar surface area (TPSA) is 73.6 Å². The first-order valence-electron chi connectivity index (χ1n) is 6.62. The predicted molar refractivity (Wildman–Crippen MR) is 82.6 cm³/mol. The lowest BCUT2D eigenvalue weighted by atomic mass is 9.99. The fraction of sp³-hybridized carbons (Fsp3) is 0.188. The van der Waals surface area contributed by atoms with Crippen LogP contribution in [0, 0.1) is 0 Å². The number of hydrogen-bond acceptors (Lipinski definition) is 3. The van der Waals surface area contributed by atoms with Crippen LogP contribution in [-0.2, 0) is 0 Å². The summed E-state index contributed by atoms with van der Waals surface area (Å²) >= 11 is 0. The number of benzene rings is 2. The number of rotatable bonds is 5.